The fraction of sp³-hybridized carbons (Fsp3) is 0.385. The number of nitriles is 1. The van der Waals surface area contributed by atoms with Gasteiger partial charge in [-0.05, 0) is 17.7 Å². The number of ether oxygens (including phenoxy) is 1. The van der Waals surface area contributed by atoms with E-state index in [1.807, 2.05) is 6.07 Å². The molecule has 1 aromatic carbocycles. The molecule has 0 atom stereocenters. The quantitative estimate of drug-likeness (QED) is 0.768. The summed E-state index contributed by atoms with van der Waals surface area (Å²) in [4.78, 5) is 11.4. The first-order chi connectivity index (χ1) is 9.11. The highest BCUT2D eigenvalue weighted by molar-refractivity contribution is 5.75. The minimum absolute atomic E-state index is 0.0243. The van der Waals surface area contributed by atoms with Crippen LogP contribution < -0.4 is 5.32 Å². The van der Waals surface area contributed by atoms with Gasteiger partial charge in [-0.15, -0.1) is 0 Å². The number of hydrogen-bond donors (Lipinski definition) is 1. The summed E-state index contributed by atoms with van der Waals surface area (Å²) < 4.78 is 28.1. The van der Waals surface area contributed by atoms with Crippen molar-refractivity contribution in [3.63, 3.8) is 0 Å². The van der Waals surface area contributed by atoms with Gasteiger partial charge in [-0.1, -0.05) is 12.1 Å². The zero-order chi connectivity index (χ0) is 14.1. The number of nitrogens with zero attached hydrogens (tertiary/aromatic N) is 1. The van der Waals surface area contributed by atoms with Crippen LogP contribution in [0.4, 0.5) is 8.78 Å². The smallest absolute Gasteiger partial charge is 0.261 e. The number of benzene rings is 1. The van der Waals surface area contributed by atoms with Crippen molar-refractivity contribution in [1.29, 1.82) is 5.26 Å². The van der Waals surface area contributed by atoms with Gasteiger partial charge in [-0.3, -0.25) is 4.79 Å². The van der Waals surface area contributed by atoms with Crippen molar-refractivity contribution in [2.45, 2.75) is 19.4 Å². The van der Waals surface area contributed by atoms with Gasteiger partial charge in [0, 0.05) is 13.0 Å². The highest BCUT2D eigenvalue weighted by Gasteiger charge is 2.04. The third-order valence-electron chi connectivity index (χ3n) is 2.29. The van der Waals surface area contributed by atoms with Crippen molar-refractivity contribution < 1.29 is 18.3 Å². The summed E-state index contributed by atoms with van der Waals surface area (Å²) in [6.07, 6.45) is -2.47. The Kier molecular flexibility index (Phi) is 6.47. The second-order valence-electron chi connectivity index (χ2n) is 3.80. The van der Waals surface area contributed by atoms with E-state index in [1.165, 1.54) is 0 Å². The predicted octanol–water partition coefficient (Wildman–Crippen LogP) is 1.85. The van der Waals surface area contributed by atoms with E-state index in [4.69, 9.17) is 5.26 Å². The molecule has 0 radical (unpaired) electrons. The molecular weight excluding hydrogens is 254 g/mol. The maximum atomic E-state index is 11.7. The largest absolute Gasteiger partial charge is 0.375 e. The molecule has 0 bridgehead atoms. The van der Waals surface area contributed by atoms with Gasteiger partial charge in [0.25, 0.3) is 6.43 Å². The number of halogens is 2. The number of carbonyl (C=O) groups excluding carboxylic acids is 1. The van der Waals surface area contributed by atoms with E-state index >= 15 is 0 Å². The first kappa shape index (κ1) is 15.1. The molecule has 1 N–H and O–H groups in total. The van der Waals surface area contributed by atoms with Gasteiger partial charge in [0.1, 0.15) is 6.61 Å². The van der Waals surface area contributed by atoms with E-state index in [9.17, 15) is 13.6 Å². The molecule has 0 aliphatic rings. The van der Waals surface area contributed by atoms with Gasteiger partial charge in [-0.25, -0.2) is 8.78 Å². The zero-order valence-electron chi connectivity index (χ0n) is 10.2. The van der Waals surface area contributed by atoms with Crippen LogP contribution in [0.2, 0.25) is 0 Å². The molecule has 0 unspecified atom stereocenters. The molecule has 0 saturated heterocycles. The average Bonchev–Trinajstić information content (AvgIpc) is 2.41. The number of amides is 1. The lowest BCUT2D eigenvalue weighted by atomic mass is 10.1. The zero-order valence-corrected chi connectivity index (χ0v) is 10.2. The van der Waals surface area contributed by atoms with E-state index in [2.05, 4.69) is 10.1 Å². The Bertz CT molecular complexity index is 441. The monoisotopic (exact) mass is 268 g/mol. The van der Waals surface area contributed by atoms with Gasteiger partial charge in [0.05, 0.1) is 18.2 Å². The second-order valence-corrected chi connectivity index (χ2v) is 3.80. The molecule has 1 rings (SSSR count). The van der Waals surface area contributed by atoms with Crippen LogP contribution in [0, 0.1) is 11.3 Å². The van der Waals surface area contributed by atoms with Crippen molar-refractivity contribution >= 4 is 5.91 Å². The molecule has 0 spiro atoms. The lowest BCUT2D eigenvalue weighted by molar-refractivity contribution is -0.122. The van der Waals surface area contributed by atoms with Crippen LogP contribution >= 0.6 is 0 Å². The van der Waals surface area contributed by atoms with Crippen molar-refractivity contribution in [2.24, 2.45) is 0 Å². The topological polar surface area (TPSA) is 62.1 Å². The normalized spacial score (nSPS) is 10.2. The Morgan fingerprint density at radius 1 is 1.37 bits per heavy atom. The summed E-state index contributed by atoms with van der Waals surface area (Å²) in [6, 6.07) is 8.80. The van der Waals surface area contributed by atoms with Crippen LogP contribution in [0.3, 0.4) is 0 Å². The molecule has 0 aliphatic carbocycles. The molecule has 0 aliphatic heterocycles. The fourth-order valence-electron chi connectivity index (χ4n) is 1.32. The number of rotatable bonds is 7. The highest BCUT2D eigenvalue weighted by Crippen LogP contribution is 2.03. The maximum absolute atomic E-state index is 11.7. The summed E-state index contributed by atoms with van der Waals surface area (Å²) in [5, 5.41) is 11.3. The van der Waals surface area contributed by atoms with Crippen LogP contribution in [0.5, 0.6) is 0 Å². The Balaban J connectivity index is 2.20. The average molecular weight is 268 g/mol. The van der Waals surface area contributed by atoms with E-state index in [1.54, 1.807) is 24.3 Å². The summed E-state index contributed by atoms with van der Waals surface area (Å²) in [7, 11) is 0. The third-order valence-corrected chi connectivity index (χ3v) is 2.29. The predicted molar refractivity (Wildman–Crippen MR) is 64.4 cm³/mol. The van der Waals surface area contributed by atoms with Crippen LogP contribution in [0.1, 0.15) is 17.5 Å². The van der Waals surface area contributed by atoms with Crippen molar-refractivity contribution in [1.82, 2.24) is 5.32 Å². The summed E-state index contributed by atoms with van der Waals surface area (Å²) in [6.45, 7) is -0.341. The van der Waals surface area contributed by atoms with Crippen LogP contribution in [0.25, 0.3) is 0 Å². The highest BCUT2D eigenvalue weighted by atomic mass is 19.3. The van der Waals surface area contributed by atoms with Gasteiger partial charge in [-0.2, -0.15) is 5.26 Å². The van der Waals surface area contributed by atoms with Crippen molar-refractivity contribution in [3.05, 3.63) is 35.4 Å². The maximum Gasteiger partial charge on any atom is 0.261 e. The molecular formula is C13H14F2N2O2. The Hall–Kier alpha value is -2.00. The molecule has 0 heterocycles. The van der Waals surface area contributed by atoms with E-state index in [0.29, 0.717) is 12.1 Å². The molecule has 0 fully saturated rings. The van der Waals surface area contributed by atoms with E-state index < -0.39 is 13.0 Å². The molecule has 102 valence electrons. The Labute approximate surface area is 110 Å². The lowest BCUT2D eigenvalue weighted by Crippen LogP contribution is -2.24. The molecule has 1 amide bonds. The van der Waals surface area contributed by atoms with E-state index in [0.717, 1.165) is 5.56 Å². The van der Waals surface area contributed by atoms with E-state index in [-0.39, 0.29) is 18.9 Å². The molecule has 6 heteroatoms. The van der Waals surface area contributed by atoms with Crippen molar-refractivity contribution in [3.8, 4) is 6.07 Å². The minimum atomic E-state index is -2.51. The second kappa shape index (κ2) is 8.16. The van der Waals surface area contributed by atoms with Gasteiger partial charge in [0.2, 0.25) is 5.91 Å². The van der Waals surface area contributed by atoms with Gasteiger partial charge >= 0.3 is 0 Å². The number of alkyl halides is 2. The van der Waals surface area contributed by atoms with Crippen LogP contribution in [-0.4, -0.2) is 25.5 Å². The Morgan fingerprint density at radius 2 is 2.05 bits per heavy atom. The molecule has 19 heavy (non-hydrogen) atoms. The summed E-state index contributed by atoms with van der Waals surface area (Å²) in [5.74, 6) is -0.265. The first-order valence-electron chi connectivity index (χ1n) is 5.73. The van der Waals surface area contributed by atoms with Crippen molar-refractivity contribution in [2.75, 3.05) is 13.2 Å². The van der Waals surface area contributed by atoms with Gasteiger partial charge in [0.15, 0.2) is 0 Å². The van der Waals surface area contributed by atoms with Crippen LogP contribution in [-0.2, 0) is 16.1 Å². The third kappa shape index (κ3) is 6.48. The molecule has 0 aromatic heterocycles. The minimum Gasteiger partial charge on any atom is -0.375 e. The molecule has 0 saturated carbocycles. The fourth-order valence-corrected chi connectivity index (χ4v) is 1.32. The SMILES string of the molecule is N#Cc1ccc(CNC(=O)CCOCC(F)F)cc1. The Morgan fingerprint density at radius 3 is 2.63 bits per heavy atom. The van der Waals surface area contributed by atoms with Crippen LogP contribution in [0.15, 0.2) is 24.3 Å². The number of nitrogens with one attached hydrogen (secondary N) is 1. The first-order valence-corrected chi connectivity index (χ1v) is 5.73. The summed E-state index contributed by atoms with van der Waals surface area (Å²) in [5.41, 5.74) is 1.41. The lowest BCUT2D eigenvalue weighted by Gasteiger charge is -2.06. The number of hydrogen-bond acceptors (Lipinski definition) is 3. The standard InChI is InChI=1S/C13H14F2N2O2/c14-12(15)9-19-6-5-13(18)17-8-11-3-1-10(7-16)2-4-11/h1-4,12H,5-6,8-9H2,(H,17,18). The van der Waals surface area contributed by atoms with Gasteiger partial charge < -0.3 is 10.1 Å². The molecule has 1 aromatic rings. The molecule has 4 nitrogen and oxygen atoms in total. The summed E-state index contributed by atoms with van der Waals surface area (Å²) >= 11 is 0. The number of carbonyl (C=O) groups is 1.